The third-order valence-electron chi connectivity index (χ3n) is 5.67. The largest absolute Gasteiger partial charge is 0.310 e. The van der Waals surface area contributed by atoms with Crippen molar-refractivity contribution in [2.24, 2.45) is 4.99 Å². The SMILES string of the molecule is [2H]C1N=C(c2ccc3ncsc3c2)C(F)=CN1c1ccc(CN2CCN(S(C)(=O)=O)CC2)cn1. The summed E-state index contributed by atoms with van der Waals surface area (Å²) < 4.78 is 49.2. The number of anilines is 1. The van der Waals surface area contributed by atoms with E-state index in [0.29, 0.717) is 44.1 Å². The molecule has 3 aromatic rings. The van der Waals surface area contributed by atoms with Crippen molar-refractivity contribution in [2.45, 2.75) is 6.54 Å². The van der Waals surface area contributed by atoms with Crippen molar-refractivity contribution in [1.82, 2.24) is 19.2 Å². The van der Waals surface area contributed by atoms with Gasteiger partial charge in [-0.2, -0.15) is 4.31 Å². The summed E-state index contributed by atoms with van der Waals surface area (Å²) in [4.78, 5) is 16.5. The fraction of sp³-hybridized carbons (Fsp3) is 0.318. The molecule has 2 aliphatic heterocycles. The summed E-state index contributed by atoms with van der Waals surface area (Å²) in [5.41, 5.74) is 4.31. The molecule has 4 heterocycles. The molecule has 1 unspecified atom stereocenters. The Morgan fingerprint density at radius 3 is 2.70 bits per heavy atom. The first-order valence-corrected chi connectivity index (χ1v) is 13.1. The van der Waals surface area contributed by atoms with Gasteiger partial charge in [0.2, 0.25) is 10.0 Å². The number of fused-ring (bicyclic) bond motifs is 1. The Balaban J connectivity index is 1.26. The fourth-order valence-corrected chi connectivity index (χ4v) is 5.42. The Hall–Kier alpha value is -2.73. The molecule has 0 saturated carbocycles. The molecule has 8 nitrogen and oxygen atoms in total. The van der Waals surface area contributed by atoms with Gasteiger partial charge in [0.1, 0.15) is 18.2 Å². The zero-order valence-corrected chi connectivity index (χ0v) is 19.6. The number of aromatic nitrogens is 2. The molecule has 1 aromatic carbocycles. The average Bonchev–Trinajstić information content (AvgIpc) is 3.29. The van der Waals surface area contributed by atoms with Gasteiger partial charge in [-0.3, -0.25) is 9.89 Å². The van der Waals surface area contributed by atoms with Crippen molar-refractivity contribution in [1.29, 1.82) is 0 Å². The standard InChI is InChI=1S/C22H23FN6O2S2/c1-33(30,31)29-8-6-27(7-9-29)12-16-2-5-21(24-11-16)28-13-18(23)22(25-14-28)17-3-4-19-20(10-17)32-15-26-19/h2-5,10-11,13,15H,6-9,12,14H2,1H3/i14D. The second-order valence-electron chi connectivity index (χ2n) is 7.98. The summed E-state index contributed by atoms with van der Waals surface area (Å²) in [6.45, 7) is 1.82. The number of benzene rings is 1. The Morgan fingerprint density at radius 1 is 1.15 bits per heavy atom. The van der Waals surface area contributed by atoms with Crippen LogP contribution >= 0.6 is 11.3 Å². The highest BCUT2D eigenvalue weighted by Crippen LogP contribution is 2.25. The van der Waals surface area contributed by atoms with E-state index in [1.54, 1.807) is 23.8 Å². The topological polar surface area (TPSA) is 82.0 Å². The number of pyridine rings is 1. The van der Waals surface area contributed by atoms with E-state index in [1.165, 1.54) is 33.0 Å². The number of hydrogen-bond acceptors (Lipinski definition) is 8. The maximum atomic E-state index is 15.0. The van der Waals surface area contributed by atoms with Crippen LogP contribution in [-0.4, -0.2) is 72.4 Å². The van der Waals surface area contributed by atoms with Gasteiger partial charge in [0, 0.05) is 50.7 Å². The summed E-state index contributed by atoms with van der Waals surface area (Å²) in [6.07, 6.45) is 4.20. The average molecular weight is 488 g/mol. The molecule has 2 aromatic heterocycles. The maximum Gasteiger partial charge on any atom is 0.211 e. The molecule has 172 valence electrons. The van der Waals surface area contributed by atoms with Crippen LogP contribution in [0.2, 0.25) is 0 Å². The van der Waals surface area contributed by atoms with Gasteiger partial charge in [0.25, 0.3) is 0 Å². The Kier molecular flexibility index (Phi) is 5.62. The van der Waals surface area contributed by atoms with Gasteiger partial charge in [-0.1, -0.05) is 12.1 Å². The molecule has 1 fully saturated rings. The lowest BCUT2D eigenvalue weighted by Gasteiger charge is -2.33. The summed E-state index contributed by atoms with van der Waals surface area (Å²) >= 11 is 1.47. The lowest BCUT2D eigenvalue weighted by Crippen LogP contribution is -2.47. The Bertz CT molecular complexity index is 1370. The molecular weight excluding hydrogens is 463 g/mol. The van der Waals surface area contributed by atoms with Gasteiger partial charge in [-0.25, -0.2) is 22.8 Å². The van der Waals surface area contributed by atoms with Crippen LogP contribution in [0, 0.1) is 0 Å². The molecule has 0 aliphatic carbocycles. The number of hydrogen-bond donors (Lipinski definition) is 0. The highest BCUT2D eigenvalue weighted by Gasteiger charge is 2.23. The molecule has 11 heteroatoms. The minimum Gasteiger partial charge on any atom is -0.310 e. The number of nitrogens with zero attached hydrogens (tertiary/aromatic N) is 6. The monoisotopic (exact) mass is 487 g/mol. The van der Waals surface area contributed by atoms with E-state index >= 15 is 0 Å². The summed E-state index contributed by atoms with van der Waals surface area (Å²) in [5.74, 6) is -0.0940. The van der Waals surface area contributed by atoms with Gasteiger partial charge >= 0.3 is 0 Å². The van der Waals surface area contributed by atoms with Crippen molar-refractivity contribution >= 4 is 43.1 Å². The van der Waals surface area contributed by atoms with E-state index < -0.39 is 22.5 Å². The number of piperazine rings is 1. The van der Waals surface area contributed by atoms with Crippen molar-refractivity contribution in [2.75, 3.05) is 44.0 Å². The number of sulfonamides is 1. The van der Waals surface area contributed by atoms with Crippen molar-refractivity contribution in [3.8, 4) is 0 Å². The predicted octanol–water partition coefficient (Wildman–Crippen LogP) is 2.85. The van der Waals surface area contributed by atoms with E-state index in [4.69, 9.17) is 1.37 Å². The van der Waals surface area contributed by atoms with Crippen molar-refractivity contribution in [3.05, 3.63) is 65.2 Å². The van der Waals surface area contributed by atoms with Crippen LogP contribution < -0.4 is 4.90 Å². The van der Waals surface area contributed by atoms with Crippen LogP contribution in [0.1, 0.15) is 12.5 Å². The van der Waals surface area contributed by atoms with E-state index in [2.05, 4.69) is 19.9 Å². The van der Waals surface area contributed by atoms with Crippen molar-refractivity contribution < 1.29 is 14.2 Å². The normalized spacial score (nSPS) is 21.1. The van der Waals surface area contributed by atoms with Crippen LogP contribution in [0.15, 0.2) is 59.1 Å². The number of thiazole rings is 1. The summed E-state index contributed by atoms with van der Waals surface area (Å²) in [6, 6.07) is 9.06. The van der Waals surface area contributed by atoms with Gasteiger partial charge in [0.05, 0.1) is 23.4 Å². The second-order valence-corrected chi connectivity index (χ2v) is 10.8. The third kappa shape index (κ3) is 4.81. The smallest absolute Gasteiger partial charge is 0.211 e. The van der Waals surface area contributed by atoms with E-state index in [0.717, 1.165) is 15.8 Å². The van der Waals surface area contributed by atoms with Crippen LogP contribution in [0.4, 0.5) is 10.2 Å². The first-order valence-electron chi connectivity index (χ1n) is 11.0. The van der Waals surface area contributed by atoms with E-state index in [1.807, 2.05) is 18.2 Å². The Labute approximate surface area is 197 Å². The summed E-state index contributed by atoms with van der Waals surface area (Å²) in [7, 11) is -3.16. The molecule has 0 radical (unpaired) electrons. The zero-order valence-electron chi connectivity index (χ0n) is 18.9. The van der Waals surface area contributed by atoms with Gasteiger partial charge < -0.3 is 4.90 Å². The number of allylic oxidation sites excluding steroid dienone is 1. The molecule has 1 atom stereocenters. The van der Waals surface area contributed by atoms with Crippen LogP contribution in [0.25, 0.3) is 10.2 Å². The molecule has 0 amide bonds. The van der Waals surface area contributed by atoms with Crippen LogP contribution in [0.3, 0.4) is 0 Å². The van der Waals surface area contributed by atoms with Gasteiger partial charge in [-0.15, -0.1) is 11.3 Å². The molecule has 33 heavy (non-hydrogen) atoms. The highest BCUT2D eigenvalue weighted by atomic mass is 32.2. The quantitative estimate of drug-likeness (QED) is 0.551. The van der Waals surface area contributed by atoms with Crippen molar-refractivity contribution in [3.63, 3.8) is 0 Å². The zero-order chi connectivity index (χ0) is 23.9. The number of halogens is 1. The minimum atomic E-state index is -3.16. The molecular formula is C22H23FN6O2S2. The van der Waals surface area contributed by atoms with E-state index in [9.17, 15) is 12.8 Å². The molecule has 0 N–H and O–H groups in total. The second kappa shape index (κ2) is 8.90. The maximum absolute atomic E-state index is 15.0. The molecule has 2 aliphatic rings. The van der Waals surface area contributed by atoms with E-state index in [-0.39, 0.29) is 5.71 Å². The first-order chi connectivity index (χ1) is 16.3. The van der Waals surface area contributed by atoms with Crippen LogP contribution in [-0.2, 0) is 16.6 Å². The van der Waals surface area contributed by atoms with Gasteiger partial charge in [-0.05, 0) is 23.8 Å². The molecule has 0 bridgehead atoms. The fourth-order valence-electron chi connectivity index (χ4n) is 3.88. The molecule has 0 spiro atoms. The Morgan fingerprint density at radius 2 is 1.97 bits per heavy atom. The highest BCUT2D eigenvalue weighted by molar-refractivity contribution is 7.88. The lowest BCUT2D eigenvalue weighted by atomic mass is 10.1. The first kappa shape index (κ1) is 20.8. The predicted molar refractivity (Wildman–Crippen MR) is 129 cm³/mol. The lowest BCUT2D eigenvalue weighted by molar-refractivity contribution is 0.182. The van der Waals surface area contributed by atoms with Gasteiger partial charge in [0.15, 0.2) is 5.83 Å². The number of aliphatic imine (C=N–C) groups is 1. The summed E-state index contributed by atoms with van der Waals surface area (Å²) in [5, 5.41) is 0. The molecule has 5 rings (SSSR count). The number of rotatable bonds is 5. The minimum absolute atomic E-state index is 0.149. The van der Waals surface area contributed by atoms with Crippen LogP contribution in [0.5, 0.6) is 0 Å². The molecule has 1 saturated heterocycles. The third-order valence-corrected chi connectivity index (χ3v) is 7.77.